The smallest absolute Gasteiger partial charge is 0.272 e. The summed E-state index contributed by atoms with van der Waals surface area (Å²) in [6, 6.07) is 4.83. The standard InChI is InChI=1S/C13H18ClNO3/c1-11-10-12(6-7-13(11)15(16)17)18-9-5-3-2-4-8-14/h6-7,10H,2-5,8-9H2,1H3. The Labute approximate surface area is 112 Å². The summed E-state index contributed by atoms with van der Waals surface area (Å²) in [5.74, 6) is 1.40. The molecular formula is C13H18ClNO3. The molecule has 0 fully saturated rings. The fourth-order valence-corrected chi connectivity index (χ4v) is 1.85. The first-order chi connectivity index (χ1) is 8.65. The molecule has 5 heteroatoms. The molecule has 18 heavy (non-hydrogen) atoms. The summed E-state index contributed by atoms with van der Waals surface area (Å²) in [5.41, 5.74) is 0.754. The van der Waals surface area contributed by atoms with Gasteiger partial charge >= 0.3 is 0 Å². The number of nitrogens with zero attached hydrogens (tertiary/aromatic N) is 1. The summed E-state index contributed by atoms with van der Waals surface area (Å²) in [6.45, 7) is 2.35. The van der Waals surface area contributed by atoms with Crippen molar-refractivity contribution in [3.8, 4) is 5.75 Å². The van der Waals surface area contributed by atoms with Gasteiger partial charge in [0.1, 0.15) is 5.75 Å². The number of ether oxygens (including phenoxy) is 1. The van der Waals surface area contributed by atoms with E-state index in [1.807, 2.05) is 0 Å². The van der Waals surface area contributed by atoms with E-state index in [4.69, 9.17) is 16.3 Å². The summed E-state index contributed by atoms with van der Waals surface area (Å²) < 4.78 is 5.55. The van der Waals surface area contributed by atoms with E-state index in [-0.39, 0.29) is 10.6 Å². The molecular weight excluding hydrogens is 254 g/mol. The summed E-state index contributed by atoms with van der Waals surface area (Å²) in [7, 11) is 0. The molecule has 0 aliphatic rings. The monoisotopic (exact) mass is 271 g/mol. The van der Waals surface area contributed by atoms with Gasteiger partial charge in [0, 0.05) is 17.5 Å². The van der Waals surface area contributed by atoms with Crippen molar-refractivity contribution in [2.75, 3.05) is 12.5 Å². The van der Waals surface area contributed by atoms with E-state index in [2.05, 4.69) is 0 Å². The molecule has 0 aliphatic heterocycles. The molecule has 0 unspecified atom stereocenters. The molecule has 0 heterocycles. The van der Waals surface area contributed by atoms with Crippen LogP contribution in [-0.2, 0) is 0 Å². The summed E-state index contributed by atoms with van der Waals surface area (Å²) >= 11 is 5.58. The van der Waals surface area contributed by atoms with Crippen molar-refractivity contribution >= 4 is 17.3 Å². The van der Waals surface area contributed by atoms with Crippen LogP contribution in [0.3, 0.4) is 0 Å². The Hall–Kier alpha value is -1.29. The first kappa shape index (κ1) is 14.8. The van der Waals surface area contributed by atoms with Gasteiger partial charge in [0.2, 0.25) is 0 Å². The van der Waals surface area contributed by atoms with E-state index in [9.17, 15) is 10.1 Å². The lowest BCUT2D eigenvalue weighted by Gasteiger charge is -2.06. The number of unbranched alkanes of at least 4 members (excludes halogenated alkanes) is 3. The highest BCUT2D eigenvalue weighted by atomic mass is 35.5. The fraction of sp³-hybridized carbons (Fsp3) is 0.538. The van der Waals surface area contributed by atoms with Gasteiger partial charge in [0.15, 0.2) is 0 Å². The van der Waals surface area contributed by atoms with E-state index < -0.39 is 0 Å². The predicted molar refractivity (Wildman–Crippen MR) is 72.5 cm³/mol. The van der Waals surface area contributed by atoms with E-state index in [1.165, 1.54) is 6.07 Å². The van der Waals surface area contributed by atoms with Crippen LogP contribution in [-0.4, -0.2) is 17.4 Å². The highest BCUT2D eigenvalue weighted by Gasteiger charge is 2.10. The summed E-state index contributed by atoms with van der Waals surface area (Å²) in [4.78, 5) is 10.3. The van der Waals surface area contributed by atoms with Crippen LogP contribution in [0.2, 0.25) is 0 Å². The number of halogens is 1. The van der Waals surface area contributed by atoms with Gasteiger partial charge in [-0.15, -0.1) is 11.6 Å². The Morgan fingerprint density at radius 3 is 2.61 bits per heavy atom. The molecule has 0 amide bonds. The van der Waals surface area contributed by atoms with E-state index >= 15 is 0 Å². The van der Waals surface area contributed by atoms with Crippen LogP contribution in [0.5, 0.6) is 5.75 Å². The lowest BCUT2D eigenvalue weighted by atomic mass is 10.2. The molecule has 0 aliphatic carbocycles. The van der Waals surface area contributed by atoms with Crippen molar-refractivity contribution in [2.24, 2.45) is 0 Å². The second-order valence-electron chi connectivity index (χ2n) is 4.16. The highest BCUT2D eigenvalue weighted by molar-refractivity contribution is 6.17. The molecule has 0 saturated carbocycles. The molecule has 1 rings (SSSR count). The van der Waals surface area contributed by atoms with Gasteiger partial charge in [-0.3, -0.25) is 10.1 Å². The van der Waals surface area contributed by atoms with Gasteiger partial charge in [0.25, 0.3) is 5.69 Å². The Kier molecular flexibility index (Phi) is 6.50. The summed E-state index contributed by atoms with van der Waals surface area (Å²) in [5, 5.41) is 10.6. The topological polar surface area (TPSA) is 52.4 Å². The molecule has 0 aromatic heterocycles. The van der Waals surface area contributed by atoms with Gasteiger partial charge in [-0.2, -0.15) is 0 Å². The van der Waals surface area contributed by atoms with Gasteiger partial charge in [-0.25, -0.2) is 0 Å². The Balaban J connectivity index is 2.35. The van der Waals surface area contributed by atoms with Crippen molar-refractivity contribution in [1.29, 1.82) is 0 Å². The normalized spacial score (nSPS) is 10.3. The quantitative estimate of drug-likeness (QED) is 0.310. The van der Waals surface area contributed by atoms with Gasteiger partial charge in [0.05, 0.1) is 11.5 Å². The minimum Gasteiger partial charge on any atom is -0.494 e. The molecule has 4 nitrogen and oxygen atoms in total. The maximum absolute atomic E-state index is 10.6. The third-order valence-electron chi connectivity index (χ3n) is 2.66. The second kappa shape index (κ2) is 7.93. The molecule has 0 bridgehead atoms. The van der Waals surface area contributed by atoms with Crippen molar-refractivity contribution in [1.82, 2.24) is 0 Å². The summed E-state index contributed by atoms with van der Waals surface area (Å²) in [6.07, 6.45) is 4.23. The lowest BCUT2D eigenvalue weighted by Crippen LogP contribution is -1.98. The zero-order valence-electron chi connectivity index (χ0n) is 10.5. The Bertz CT molecular complexity index is 396. The lowest BCUT2D eigenvalue weighted by molar-refractivity contribution is -0.385. The zero-order chi connectivity index (χ0) is 13.4. The number of hydrogen-bond donors (Lipinski definition) is 0. The average Bonchev–Trinajstić information content (AvgIpc) is 2.33. The Morgan fingerprint density at radius 1 is 1.28 bits per heavy atom. The molecule has 100 valence electrons. The van der Waals surface area contributed by atoms with Crippen LogP contribution in [0.4, 0.5) is 5.69 Å². The zero-order valence-corrected chi connectivity index (χ0v) is 11.3. The highest BCUT2D eigenvalue weighted by Crippen LogP contribution is 2.23. The van der Waals surface area contributed by atoms with Crippen molar-refractivity contribution < 1.29 is 9.66 Å². The third-order valence-corrected chi connectivity index (χ3v) is 2.93. The van der Waals surface area contributed by atoms with E-state index in [0.29, 0.717) is 23.8 Å². The van der Waals surface area contributed by atoms with Gasteiger partial charge in [-0.05, 0) is 31.9 Å². The number of hydrogen-bond acceptors (Lipinski definition) is 3. The first-order valence-corrected chi connectivity index (χ1v) is 6.62. The predicted octanol–water partition coefficient (Wildman–Crippen LogP) is 4.08. The Morgan fingerprint density at radius 2 is 2.00 bits per heavy atom. The van der Waals surface area contributed by atoms with Crippen molar-refractivity contribution in [3.05, 3.63) is 33.9 Å². The number of nitro benzene ring substituents is 1. The maximum Gasteiger partial charge on any atom is 0.272 e. The third kappa shape index (κ3) is 4.92. The molecule has 0 atom stereocenters. The average molecular weight is 272 g/mol. The van der Waals surface area contributed by atoms with Crippen molar-refractivity contribution in [2.45, 2.75) is 32.6 Å². The SMILES string of the molecule is Cc1cc(OCCCCCCCl)ccc1[N+](=O)[O-]. The number of nitro groups is 1. The van der Waals surface area contributed by atoms with Crippen LogP contribution in [0.25, 0.3) is 0 Å². The van der Waals surface area contributed by atoms with Crippen LogP contribution >= 0.6 is 11.6 Å². The van der Waals surface area contributed by atoms with Crippen LogP contribution < -0.4 is 4.74 Å². The minimum absolute atomic E-state index is 0.129. The minimum atomic E-state index is -0.384. The second-order valence-corrected chi connectivity index (χ2v) is 4.54. The molecule has 0 spiro atoms. The van der Waals surface area contributed by atoms with E-state index in [1.54, 1.807) is 19.1 Å². The first-order valence-electron chi connectivity index (χ1n) is 6.09. The number of aryl methyl sites for hydroxylation is 1. The molecule has 0 N–H and O–H groups in total. The van der Waals surface area contributed by atoms with Crippen LogP contribution in [0.15, 0.2) is 18.2 Å². The van der Waals surface area contributed by atoms with E-state index in [0.717, 1.165) is 25.7 Å². The van der Waals surface area contributed by atoms with Gasteiger partial charge in [-0.1, -0.05) is 12.8 Å². The van der Waals surface area contributed by atoms with Crippen molar-refractivity contribution in [3.63, 3.8) is 0 Å². The fourth-order valence-electron chi connectivity index (χ4n) is 1.66. The molecule has 1 aromatic carbocycles. The molecule has 0 saturated heterocycles. The molecule has 0 radical (unpaired) electrons. The number of benzene rings is 1. The number of alkyl halides is 1. The maximum atomic E-state index is 10.6. The van der Waals surface area contributed by atoms with Gasteiger partial charge < -0.3 is 4.74 Å². The largest absolute Gasteiger partial charge is 0.494 e. The van der Waals surface area contributed by atoms with Crippen LogP contribution in [0, 0.1) is 17.0 Å². The van der Waals surface area contributed by atoms with Crippen LogP contribution in [0.1, 0.15) is 31.2 Å². The number of rotatable bonds is 8. The molecule has 1 aromatic rings.